The van der Waals surface area contributed by atoms with Crippen LogP contribution in [0.3, 0.4) is 0 Å². The molecule has 3 rings (SSSR count). The van der Waals surface area contributed by atoms with Gasteiger partial charge in [0.25, 0.3) is 0 Å². The van der Waals surface area contributed by atoms with Crippen LogP contribution in [0.25, 0.3) is 16.9 Å². The number of halogens is 2. The lowest BCUT2D eigenvalue weighted by Gasteiger charge is -2.03. The molecule has 2 aromatic heterocycles. The van der Waals surface area contributed by atoms with Crippen LogP contribution < -0.4 is 0 Å². The second-order valence-electron chi connectivity index (χ2n) is 4.04. The van der Waals surface area contributed by atoms with Gasteiger partial charge in [0.15, 0.2) is 11.3 Å². The summed E-state index contributed by atoms with van der Waals surface area (Å²) in [7, 11) is 0. The lowest BCUT2D eigenvalue weighted by Crippen LogP contribution is -2.01. The largest absolute Gasteiger partial charge is 0.476 e. The average Bonchev–Trinajstić information content (AvgIpc) is 2.81. The molecule has 0 unspecified atom stereocenters. The number of nitrogens with zero attached hydrogens (tertiary/aromatic N) is 3. The maximum atomic E-state index is 13.6. The molecule has 0 bridgehead atoms. The summed E-state index contributed by atoms with van der Waals surface area (Å²) in [6, 6.07) is 7.30. The molecule has 0 aliphatic heterocycles. The summed E-state index contributed by atoms with van der Waals surface area (Å²) in [5.41, 5.74) is 0.736. The number of imidazole rings is 1. The molecule has 0 aliphatic carbocycles. The second kappa shape index (κ2) is 4.57. The van der Waals surface area contributed by atoms with Gasteiger partial charge in [0.2, 0.25) is 0 Å². The molecule has 20 heavy (non-hydrogen) atoms. The third-order valence-corrected chi connectivity index (χ3v) is 3.10. The Morgan fingerprint density at radius 2 is 2.15 bits per heavy atom. The number of rotatable bonds is 2. The molecule has 1 N–H and O–H groups in total. The number of aromatic nitrogens is 3. The van der Waals surface area contributed by atoms with E-state index in [1.807, 2.05) is 0 Å². The van der Waals surface area contributed by atoms with Crippen LogP contribution in [0.4, 0.5) is 4.39 Å². The first-order chi connectivity index (χ1) is 9.58. The van der Waals surface area contributed by atoms with Gasteiger partial charge < -0.3 is 5.11 Å². The minimum Gasteiger partial charge on any atom is -0.476 e. The van der Waals surface area contributed by atoms with E-state index in [1.54, 1.807) is 12.1 Å². The van der Waals surface area contributed by atoms with Gasteiger partial charge in [-0.3, -0.25) is 0 Å². The predicted molar refractivity (Wildman–Crippen MR) is 70.4 cm³/mol. The molecule has 0 spiro atoms. The molecule has 0 amide bonds. The van der Waals surface area contributed by atoms with Crippen molar-refractivity contribution in [2.75, 3.05) is 0 Å². The van der Waals surface area contributed by atoms with Crippen molar-refractivity contribution in [1.29, 1.82) is 0 Å². The third-order valence-electron chi connectivity index (χ3n) is 2.79. The molecule has 2 heterocycles. The fourth-order valence-corrected chi connectivity index (χ4v) is 2.06. The van der Waals surface area contributed by atoms with Gasteiger partial charge in [0.05, 0.1) is 5.02 Å². The van der Waals surface area contributed by atoms with Crippen molar-refractivity contribution < 1.29 is 14.3 Å². The zero-order valence-corrected chi connectivity index (χ0v) is 10.7. The first-order valence-electron chi connectivity index (χ1n) is 5.60. The van der Waals surface area contributed by atoms with Crippen molar-refractivity contribution >= 4 is 23.2 Å². The van der Waals surface area contributed by atoms with E-state index in [0.717, 1.165) is 6.07 Å². The standard InChI is InChI=1S/C13H7ClFN3O2/c14-8-4-3-7(6-9(8)15)12-11(13(19)20)17-10-2-1-5-16-18(10)12/h1-6H,(H,19,20). The minimum absolute atomic E-state index is 0.0348. The summed E-state index contributed by atoms with van der Waals surface area (Å²) >= 11 is 5.63. The molecule has 3 aromatic rings. The Balaban J connectivity index is 2.35. The highest BCUT2D eigenvalue weighted by atomic mass is 35.5. The van der Waals surface area contributed by atoms with Gasteiger partial charge >= 0.3 is 5.97 Å². The molecule has 0 radical (unpaired) electrons. The summed E-state index contributed by atoms with van der Waals surface area (Å²) in [5, 5.41) is 13.2. The molecule has 0 saturated heterocycles. The summed E-state index contributed by atoms with van der Waals surface area (Å²) < 4.78 is 14.9. The van der Waals surface area contributed by atoms with Gasteiger partial charge in [-0.2, -0.15) is 5.10 Å². The minimum atomic E-state index is -1.21. The van der Waals surface area contributed by atoms with Crippen LogP contribution in [0, 0.1) is 5.82 Å². The van der Waals surface area contributed by atoms with Crippen molar-refractivity contribution in [2.24, 2.45) is 0 Å². The lowest BCUT2D eigenvalue weighted by atomic mass is 10.1. The maximum Gasteiger partial charge on any atom is 0.356 e. The van der Waals surface area contributed by atoms with Crippen LogP contribution in [0.15, 0.2) is 36.5 Å². The van der Waals surface area contributed by atoms with E-state index in [0.29, 0.717) is 11.2 Å². The molecular weight excluding hydrogens is 285 g/mol. The highest BCUT2D eigenvalue weighted by Crippen LogP contribution is 2.27. The van der Waals surface area contributed by atoms with Crippen molar-refractivity contribution in [2.45, 2.75) is 0 Å². The van der Waals surface area contributed by atoms with Crippen LogP contribution in [-0.2, 0) is 0 Å². The molecule has 0 atom stereocenters. The first kappa shape index (κ1) is 12.6. The number of hydrogen-bond donors (Lipinski definition) is 1. The average molecular weight is 292 g/mol. The zero-order valence-electron chi connectivity index (χ0n) is 9.92. The van der Waals surface area contributed by atoms with Crippen LogP contribution in [0.5, 0.6) is 0 Å². The SMILES string of the molecule is O=C(O)c1nc2cccnn2c1-c1ccc(Cl)c(F)c1. The van der Waals surface area contributed by atoms with Crippen molar-refractivity contribution in [1.82, 2.24) is 14.6 Å². The van der Waals surface area contributed by atoms with Crippen LogP contribution in [0.2, 0.25) is 5.02 Å². The molecule has 7 heteroatoms. The van der Waals surface area contributed by atoms with Crippen molar-refractivity contribution in [3.8, 4) is 11.3 Å². The number of carbonyl (C=O) groups is 1. The van der Waals surface area contributed by atoms with Gasteiger partial charge in [-0.1, -0.05) is 17.7 Å². The van der Waals surface area contributed by atoms with Crippen molar-refractivity contribution in [3.05, 3.63) is 53.1 Å². The number of hydrogen-bond acceptors (Lipinski definition) is 3. The normalized spacial score (nSPS) is 10.9. The van der Waals surface area contributed by atoms with Crippen LogP contribution in [-0.4, -0.2) is 25.7 Å². The Morgan fingerprint density at radius 3 is 2.85 bits per heavy atom. The van der Waals surface area contributed by atoms with E-state index in [2.05, 4.69) is 10.1 Å². The molecule has 100 valence electrons. The molecule has 5 nitrogen and oxygen atoms in total. The Hall–Kier alpha value is -2.47. The number of aromatic carboxylic acids is 1. The van der Waals surface area contributed by atoms with E-state index in [-0.39, 0.29) is 16.4 Å². The molecule has 1 aromatic carbocycles. The second-order valence-corrected chi connectivity index (χ2v) is 4.44. The summed E-state index contributed by atoms with van der Waals surface area (Å²) in [6.45, 7) is 0. The van der Waals surface area contributed by atoms with Gasteiger partial charge in [-0.05, 0) is 24.3 Å². The summed E-state index contributed by atoms with van der Waals surface area (Å²) in [4.78, 5) is 15.3. The van der Waals surface area contributed by atoms with Crippen LogP contribution >= 0.6 is 11.6 Å². The van der Waals surface area contributed by atoms with E-state index in [4.69, 9.17) is 11.6 Å². The van der Waals surface area contributed by atoms with Gasteiger partial charge in [-0.15, -0.1) is 0 Å². The first-order valence-corrected chi connectivity index (χ1v) is 5.98. The van der Waals surface area contributed by atoms with E-state index >= 15 is 0 Å². The molecule has 0 aliphatic rings. The number of carboxylic acid groups (broad SMARTS) is 1. The monoisotopic (exact) mass is 291 g/mol. The Labute approximate surface area is 117 Å². The van der Waals surface area contributed by atoms with Crippen molar-refractivity contribution in [3.63, 3.8) is 0 Å². The Bertz CT molecular complexity index is 832. The van der Waals surface area contributed by atoms with E-state index < -0.39 is 11.8 Å². The maximum absolute atomic E-state index is 13.6. The van der Waals surface area contributed by atoms with E-state index in [9.17, 15) is 14.3 Å². The van der Waals surface area contributed by atoms with Gasteiger partial charge in [0.1, 0.15) is 11.5 Å². The van der Waals surface area contributed by atoms with Gasteiger partial charge in [0, 0.05) is 11.8 Å². The topological polar surface area (TPSA) is 67.5 Å². The summed E-state index contributed by atoms with van der Waals surface area (Å²) in [6.07, 6.45) is 1.50. The molecular formula is C13H7ClFN3O2. The Kier molecular flexibility index (Phi) is 2.87. The zero-order chi connectivity index (χ0) is 14.3. The highest BCUT2D eigenvalue weighted by molar-refractivity contribution is 6.30. The molecule has 0 saturated carbocycles. The van der Waals surface area contributed by atoms with Gasteiger partial charge in [-0.25, -0.2) is 18.7 Å². The smallest absolute Gasteiger partial charge is 0.356 e. The van der Waals surface area contributed by atoms with E-state index in [1.165, 1.54) is 22.8 Å². The Morgan fingerprint density at radius 1 is 1.35 bits per heavy atom. The fourth-order valence-electron chi connectivity index (χ4n) is 1.94. The predicted octanol–water partition coefficient (Wildman–Crippen LogP) is 2.89. The van der Waals surface area contributed by atoms with Crippen LogP contribution in [0.1, 0.15) is 10.5 Å². The third kappa shape index (κ3) is 1.90. The highest BCUT2D eigenvalue weighted by Gasteiger charge is 2.21. The lowest BCUT2D eigenvalue weighted by molar-refractivity contribution is 0.0692. The molecule has 0 fully saturated rings. The summed E-state index contributed by atoms with van der Waals surface area (Å²) in [5.74, 6) is -1.84. The quantitative estimate of drug-likeness (QED) is 0.788. The number of fused-ring (bicyclic) bond motifs is 1. The number of benzene rings is 1. The number of carboxylic acids is 1. The fraction of sp³-hybridized carbons (Fsp3) is 0.